The molecule has 1 aromatic rings. The van der Waals surface area contributed by atoms with Crippen LogP contribution in [-0.4, -0.2) is 27.5 Å². The van der Waals surface area contributed by atoms with Crippen molar-refractivity contribution in [3.8, 4) is 0 Å². The van der Waals surface area contributed by atoms with E-state index in [1.54, 1.807) is 12.1 Å². The van der Waals surface area contributed by atoms with Crippen molar-refractivity contribution >= 4 is 16.0 Å². The molecule has 2 bridgehead atoms. The van der Waals surface area contributed by atoms with E-state index in [-0.39, 0.29) is 27.3 Å². The van der Waals surface area contributed by atoms with Crippen molar-refractivity contribution < 1.29 is 17.9 Å². The summed E-state index contributed by atoms with van der Waals surface area (Å²) in [7, 11) is -2.56. The van der Waals surface area contributed by atoms with Crippen LogP contribution in [0.15, 0.2) is 29.2 Å². The highest BCUT2D eigenvalue weighted by atomic mass is 32.2. The summed E-state index contributed by atoms with van der Waals surface area (Å²) in [4.78, 5) is 11.9. The van der Waals surface area contributed by atoms with Crippen LogP contribution in [0.2, 0.25) is 0 Å². The second-order valence-electron chi connectivity index (χ2n) is 7.96. The minimum atomic E-state index is -3.81. The zero-order chi connectivity index (χ0) is 17.8. The number of sulfonamides is 1. The lowest BCUT2D eigenvalue weighted by Gasteiger charge is -2.42. The molecule has 1 N–H and O–H groups in total. The van der Waals surface area contributed by atoms with Gasteiger partial charge < -0.3 is 4.74 Å². The Hall–Kier alpha value is -1.40. The smallest absolute Gasteiger partial charge is 0.339 e. The molecule has 2 aliphatic carbocycles. The number of nitrogens with one attached hydrogen (secondary N) is 1. The number of ether oxygens (including phenoxy) is 1. The number of fused-ring (bicyclic) bond motifs is 2. The minimum absolute atomic E-state index is 0.0148. The van der Waals surface area contributed by atoms with Crippen LogP contribution in [0.25, 0.3) is 0 Å². The van der Waals surface area contributed by atoms with Gasteiger partial charge in [-0.25, -0.2) is 17.9 Å². The highest BCUT2D eigenvalue weighted by Gasteiger charge is 2.60. The fourth-order valence-corrected chi connectivity index (χ4v) is 6.52. The fourth-order valence-electron chi connectivity index (χ4n) is 4.79. The maximum absolute atomic E-state index is 13.0. The molecule has 2 aliphatic rings. The molecule has 0 aliphatic heterocycles. The van der Waals surface area contributed by atoms with Gasteiger partial charge in [0, 0.05) is 6.04 Å². The Labute approximate surface area is 143 Å². The quantitative estimate of drug-likeness (QED) is 0.847. The highest BCUT2D eigenvalue weighted by molar-refractivity contribution is 7.89. The topological polar surface area (TPSA) is 72.5 Å². The van der Waals surface area contributed by atoms with E-state index in [1.165, 1.54) is 19.2 Å². The first-order chi connectivity index (χ1) is 11.1. The largest absolute Gasteiger partial charge is 0.465 e. The summed E-state index contributed by atoms with van der Waals surface area (Å²) in [5.74, 6) is -0.111. The van der Waals surface area contributed by atoms with Crippen LogP contribution in [0.5, 0.6) is 0 Å². The van der Waals surface area contributed by atoms with Crippen molar-refractivity contribution in [2.24, 2.45) is 16.7 Å². The van der Waals surface area contributed by atoms with E-state index in [2.05, 4.69) is 25.5 Å². The normalized spacial score (nSPS) is 31.2. The number of methoxy groups -OCH3 is 1. The van der Waals surface area contributed by atoms with Gasteiger partial charge >= 0.3 is 5.97 Å². The molecule has 5 nitrogen and oxygen atoms in total. The molecule has 2 saturated carbocycles. The fraction of sp³-hybridized carbons (Fsp3) is 0.611. The molecule has 3 rings (SSSR count). The average molecular weight is 351 g/mol. The van der Waals surface area contributed by atoms with Gasteiger partial charge in [0.25, 0.3) is 0 Å². The molecule has 3 atom stereocenters. The van der Waals surface area contributed by atoms with E-state index in [1.807, 2.05) is 0 Å². The van der Waals surface area contributed by atoms with Gasteiger partial charge in [-0.2, -0.15) is 0 Å². The summed E-state index contributed by atoms with van der Waals surface area (Å²) in [5, 5.41) is 0. The second-order valence-corrected chi connectivity index (χ2v) is 9.64. The molecule has 24 heavy (non-hydrogen) atoms. The van der Waals surface area contributed by atoms with Crippen LogP contribution in [0.1, 0.15) is 50.4 Å². The summed E-state index contributed by atoms with van der Waals surface area (Å²) in [6.45, 7) is 6.45. The van der Waals surface area contributed by atoms with E-state index in [4.69, 9.17) is 4.74 Å². The van der Waals surface area contributed by atoms with Gasteiger partial charge in [-0.15, -0.1) is 0 Å². The van der Waals surface area contributed by atoms with E-state index in [0.29, 0.717) is 5.92 Å². The first kappa shape index (κ1) is 17.4. The Morgan fingerprint density at radius 3 is 2.50 bits per heavy atom. The molecule has 0 radical (unpaired) electrons. The number of carbonyl (C=O) groups excluding carboxylic acids is 1. The molecular formula is C18H25NO4S. The molecule has 1 aromatic carbocycles. The molecule has 0 heterocycles. The molecule has 0 saturated heterocycles. The second kappa shape index (κ2) is 5.56. The highest BCUT2D eigenvalue weighted by Crippen LogP contribution is 2.62. The van der Waals surface area contributed by atoms with E-state index in [9.17, 15) is 13.2 Å². The van der Waals surface area contributed by atoms with Gasteiger partial charge in [0.05, 0.1) is 17.6 Å². The molecule has 0 amide bonds. The Kier molecular flexibility index (Phi) is 4.04. The summed E-state index contributed by atoms with van der Waals surface area (Å²) >= 11 is 0. The van der Waals surface area contributed by atoms with Crippen LogP contribution in [-0.2, 0) is 14.8 Å². The van der Waals surface area contributed by atoms with Crippen LogP contribution < -0.4 is 4.72 Å². The van der Waals surface area contributed by atoms with Crippen molar-refractivity contribution in [1.29, 1.82) is 0 Å². The van der Waals surface area contributed by atoms with E-state index >= 15 is 0 Å². The Bertz CT molecular complexity index is 766. The zero-order valence-corrected chi connectivity index (χ0v) is 15.4. The van der Waals surface area contributed by atoms with Gasteiger partial charge in [-0.1, -0.05) is 32.9 Å². The minimum Gasteiger partial charge on any atom is -0.465 e. The number of carbonyl (C=O) groups is 1. The van der Waals surface area contributed by atoms with Crippen molar-refractivity contribution in [2.75, 3.05) is 7.11 Å². The van der Waals surface area contributed by atoms with Gasteiger partial charge in [0.1, 0.15) is 0 Å². The van der Waals surface area contributed by atoms with Crippen LogP contribution in [0.3, 0.4) is 0 Å². The summed E-state index contributed by atoms with van der Waals surface area (Å²) in [6.07, 6.45) is 3.24. The molecular weight excluding hydrogens is 326 g/mol. The third kappa shape index (κ3) is 2.56. The first-order valence-electron chi connectivity index (χ1n) is 8.31. The predicted octanol–water partition coefficient (Wildman–Crippen LogP) is 2.97. The van der Waals surface area contributed by atoms with Crippen molar-refractivity contribution in [2.45, 2.75) is 51.0 Å². The maximum Gasteiger partial charge on any atom is 0.339 e. The van der Waals surface area contributed by atoms with Gasteiger partial charge in [-0.05, 0) is 48.1 Å². The summed E-state index contributed by atoms with van der Waals surface area (Å²) in [6, 6.07) is 6.05. The number of esters is 1. The summed E-state index contributed by atoms with van der Waals surface area (Å²) < 4.78 is 33.7. The van der Waals surface area contributed by atoms with Gasteiger partial charge in [0.2, 0.25) is 10.0 Å². The molecule has 6 heteroatoms. The molecule has 132 valence electrons. The standard InChI is InChI=1S/C18H25NO4S/c1-17(2)12-9-10-18(3,11-12)16(17)19-24(21,22)14-8-6-5-7-13(14)15(20)23-4/h5-8,12,16,19H,9-11H2,1-4H3/t12-,16-,18+/m1/s1. The third-order valence-corrected chi connectivity index (χ3v) is 7.61. The van der Waals surface area contributed by atoms with Crippen molar-refractivity contribution in [3.05, 3.63) is 29.8 Å². The van der Waals surface area contributed by atoms with Crippen LogP contribution in [0.4, 0.5) is 0 Å². The van der Waals surface area contributed by atoms with Crippen molar-refractivity contribution in [3.63, 3.8) is 0 Å². The maximum atomic E-state index is 13.0. The Morgan fingerprint density at radius 1 is 1.25 bits per heavy atom. The van der Waals surface area contributed by atoms with Crippen LogP contribution in [0, 0.1) is 16.7 Å². The predicted molar refractivity (Wildman–Crippen MR) is 91.1 cm³/mol. The summed E-state index contributed by atoms with van der Waals surface area (Å²) in [5.41, 5.74) is -0.0551. The first-order valence-corrected chi connectivity index (χ1v) is 9.80. The molecule has 2 fully saturated rings. The third-order valence-electron chi connectivity index (χ3n) is 6.12. The number of rotatable bonds is 4. The number of hydrogen-bond donors (Lipinski definition) is 1. The zero-order valence-electron chi connectivity index (χ0n) is 14.6. The molecule has 0 aromatic heterocycles. The number of benzene rings is 1. The van der Waals surface area contributed by atoms with Crippen LogP contribution >= 0.6 is 0 Å². The Balaban J connectivity index is 1.98. The van der Waals surface area contributed by atoms with Gasteiger partial charge in [-0.3, -0.25) is 0 Å². The van der Waals surface area contributed by atoms with Crippen molar-refractivity contribution in [1.82, 2.24) is 4.72 Å². The monoisotopic (exact) mass is 351 g/mol. The average Bonchev–Trinajstić information content (AvgIpc) is 3.02. The lowest BCUT2D eigenvalue weighted by atomic mass is 9.69. The SMILES string of the molecule is COC(=O)c1ccccc1S(=O)(=O)N[C@@H]1C(C)(C)[C@@H]2CC[C@@]1(C)C2. The lowest BCUT2D eigenvalue weighted by molar-refractivity contribution is 0.0596. The van der Waals surface area contributed by atoms with Gasteiger partial charge in [0.15, 0.2) is 0 Å². The van der Waals surface area contributed by atoms with E-state index < -0.39 is 16.0 Å². The molecule has 0 unspecified atom stereocenters. The molecule has 0 spiro atoms. The lowest BCUT2D eigenvalue weighted by Crippen LogP contribution is -2.52. The van der Waals surface area contributed by atoms with E-state index in [0.717, 1.165) is 19.3 Å². The Morgan fingerprint density at radius 2 is 1.92 bits per heavy atom. The number of hydrogen-bond acceptors (Lipinski definition) is 4.